The highest BCUT2D eigenvalue weighted by Gasteiger charge is 2.26. The Morgan fingerprint density at radius 3 is 2.20 bits per heavy atom. The first-order valence-electron chi connectivity index (χ1n) is 7.18. The summed E-state index contributed by atoms with van der Waals surface area (Å²) in [6.07, 6.45) is 0.895. The Morgan fingerprint density at radius 2 is 1.75 bits per heavy atom. The van der Waals surface area contributed by atoms with Gasteiger partial charge in [-0.15, -0.1) is 0 Å². The van der Waals surface area contributed by atoms with E-state index in [0.717, 1.165) is 18.5 Å². The van der Waals surface area contributed by atoms with Gasteiger partial charge in [0.2, 0.25) is 0 Å². The Kier molecular flexibility index (Phi) is 5.62. The number of rotatable bonds is 4. The molecule has 0 spiro atoms. The van der Waals surface area contributed by atoms with Gasteiger partial charge in [0.05, 0.1) is 5.02 Å². The minimum Gasteiger partial charge on any atom is -0.312 e. The monoisotopic (exact) mass is 299 g/mol. The molecular weight excluding hydrogens is 273 g/mol. The van der Waals surface area contributed by atoms with Crippen molar-refractivity contribution in [1.29, 1.82) is 0 Å². The van der Waals surface area contributed by atoms with Crippen molar-refractivity contribution in [2.75, 3.05) is 6.54 Å². The Morgan fingerprint density at radius 1 is 1.15 bits per heavy atom. The maximum Gasteiger partial charge on any atom is 0.141 e. The van der Waals surface area contributed by atoms with Crippen molar-refractivity contribution in [3.05, 3.63) is 34.6 Å². The van der Waals surface area contributed by atoms with Gasteiger partial charge in [0.15, 0.2) is 0 Å². The Labute approximate surface area is 127 Å². The predicted molar refractivity (Wildman–Crippen MR) is 85.8 cm³/mol. The van der Waals surface area contributed by atoms with E-state index in [1.54, 1.807) is 6.07 Å². The summed E-state index contributed by atoms with van der Waals surface area (Å²) in [5.41, 5.74) is 1.37. The van der Waals surface area contributed by atoms with Crippen molar-refractivity contribution < 1.29 is 4.39 Å². The fourth-order valence-corrected chi connectivity index (χ4v) is 2.27. The maximum atomic E-state index is 13.2. The summed E-state index contributed by atoms with van der Waals surface area (Å²) in [4.78, 5) is 0. The smallest absolute Gasteiger partial charge is 0.141 e. The summed E-state index contributed by atoms with van der Waals surface area (Å²) in [6, 6.07) is 5.03. The summed E-state index contributed by atoms with van der Waals surface area (Å²) in [5, 5.41) is 3.78. The lowest BCUT2D eigenvalue weighted by atomic mass is 9.77. The molecule has 0 amide bonds. The van der Waals surface area contributed by atoms with E-state index in [2.05, 4.69) is 46.9 Å². The van der Waals surface area contributed by atoms with Gasteiger partial charge in [-0.25, -0.2) is 4.39 Å². The molecule has 20 heavy (non-hydrogen) atoms. The van der Waals surface area contributed by atoms with E-state index < -0.39 is 0 Å². The van der Waals surface area contributed by atoms with Gasteiger partial charge >= 0.3 is 0 Å². The highest BCUT2D eigenvalue weighted by molar-refractivity contribution is 6.30. The fraction of sp³-hybridized carbons (Fsp3) is 0.647. The van der Waals surface area contributed by atoms with E-state index in [1.165, 1.54) is 6.07 Å². The van der Waals surface area contributed by atoms with E-state index in [4.69, 9.17) is 11.6 Å². The Hall–Kier alpha value is -0.600. The Balaban J connectivity index is 2.82. The second kappa shape index (κ2) is 6.44. The van der Waals surface area contributed by atoms with Crippen LogP contribution in [0.2, 0.25) is 5.02 Å². The molecule has 0 saturated carbocycles. The molecular formula is C17H27ClFN. The van der Waals surface area contributed by atoms with Crippen LogP contribution in [0.25, 0.3) is 0 Å². The third-order valence-electron chi connectivity index (χ3n) is 3.57. The van der Waals surface area contributed by atoms with Crippen LogP contribution >= 0.6 is 11.6 Å². The lowest BCUT2D eigenvalue weighted by Crippen LogP contribution is -2.42. The van der Waals surface area contributed by atoms with Crippen LogP contribution in [0.4, 0.5) is 4.39 Å². The molecule has 1 aromatic rings. The summed E-state index contributed by atoms with van der Waals surface area (Å²) >= 11 is 5.87. The van der Waals surface area contributed by atoms with Crippen LogP contribution in [0.1, 0.15) is 47.1 Å². The van der Waals surface area contributed by atoms with Gasteiger partial charge < -0.3 is 5.32 Å². The zero-order valence-corrected chi connectivity index (χ0v) is 14.2. The van der Waals surface area contributed by atoms with Crippen LogP contribution in [0.5, 0.6) is 0 Å². The largest absolute Gasteiger partial charge is 0.312 e. The molecule has 0 aliphatic carbocycles. The van der Waals surface area contributed by atoms with Crippen molar-refractivity contribution >= 4 is 11.6 Å². The zero-order valence-electron chi connectivity index (χ0n) is 13.5. The molecule has 0 heterocycles. The van der Waals surface area contributed by atoms with E-state index in [9.17, 15) is 4.39 Å². The number of hydrogen-bond acceptors (Lipinski definition) is 1. The second-order valence-electron chi connectivity index (χ2n) is 7.65. The van der Waals surface area contributed by atoms with Crippen molar-refractivity contribution in [2.45, 2.75) is 53.5 Å². The summed E-state index contributed by atoms with van der Waals surface area (Å²) in [5.74, 6) is 0.110. The summed E-state index contributed by atoms with van der Waals surface area (Å²) < 4.78 is 13.2. The van der Waals surface area contributed by atoms with Gasteiger partial charge in [0, 0.05) is 5.54 Å². The van der Waals surface area contributed by atoms with E-state index >= 15 is 0 Å². The zero-order chi connectivity index (χ0) is 15.6. The number of nitrogens with one attached hydrogen (secondary N) is 1. The minimum absolute atomic E-state index is 0.101. The molecule has 0 radical (unpaired) electrons. The molecule has 114 valence electrons. The van der Waals surface area contributed by atoms with Crippen LogP contribution in [0.3, 0.4) is 0 Å². The first-order chi connectivity index (χ1) is 8.99. The third kappa shape index (κ3) is 5.80. The highest BCUT2D eigenvalue weighted by atomic mass is 35.5. The highest BCUT2D eigenvalue weighted by Crippen LogP contribution is 2.30. The van der Waals surface area contributed by atoms with Crippen LogP contribution in [-0.4, -0.2) is 12.1 Å². The van der Waals surface area contributed by atoms with Gasteiger partial charge in [-0.05, 0) is 62.8 Å². The Bertz CT molecular complexity index is 443. The average Bonchev–Trinajstić information content (AvgIpc) is 2.26. The molecule has 0 aromatic heterocycles. The van der Waals surface area contributed by atoms with Crippen LogP contribution in [0.15, 0.2) is 18.2 Å². The van der Waals surface area contributed by atoms with E-state index in [0.29, 0.717) is 5.92 Å². The van der Waals surface area contributed by atoms with E-state index in [-0.39, 0.29) is 21.8 Å². The molecule has 1 N–H and O–H groups in total. The van der Waals surface area contributed by atoms with Crippen molar-refractivity contribution in [1.82, 2.24) is 5.32 Å². The topological polar surface area (TPSA) is 12.0 Å². The normalized spacial score (nSPS) is 14.4. The average molecular weight is 300 g/mol. The number of benzene rings is 1. The van der Waals surface area contributed by atoms with E-state index in [1.807, 2.05) is 6.07 Å². The molecule has 1 unspecified atom stereocenters. The summed E-state index contributed by atoms with van der Waals surface area (Å²) in [7, 11) is 0. The molecule has 0 aliphatic rings. The molecule has 0 aliphatic heterocycles. The standard InChI is InChI=1S/C17H27ClFN/c1-16(2,3)13(11-20-17(4,5)6)9-12-7-8-15(19)14(18)10-12/h7-8,10,13,20H,9,11H2,1-6H3. The molecule has 0 bridgehead atoms. The molecule has 1 atom stereocenters. The van der Waals surface area contributed by atoms with Gasteiger partial charge in [0.1, 0.15) is 5.82 Å². The van der Waals surface area contributed by atoms with Gasteiger partial charge in [0.25, 0.3) is 0 Å². The summed E-state index contributed by atoms with van der Waals surface area (Å²) in [6.45, 7) is 14.2. The third-order valence-corrected chi connectivity index (χ3v) is 3.86. The molecule has 0 fully saturated rings. The minimum atomic E-state index is -0.351. The number of halogens is 2. The number of hydrogen-bond donors (Lipinski definition) is 1. The molecule has 1 aromatic carbocycles. The van der Waals surface area contributed by atoms with Crippen LogP contribution in [0, 0.1) is 17.2 Å². The first-order valence-corrected chi connectivity index (χ1v) is 7.56. The predicted octanol–water partition coefficient (Wildman–Crippen LogP) is 5.07. The van der Waals surface area contributed by atoms with Gasteiger partial charge in [-0.1, -0.05) is 38.4 Å². The molecule has 1 rings (SSSR count). The van der Waals surface area contributed by atoms with Crippen LogP contribution in [-0.2, 0) is 6.42 Å². The maximum absolute atomic E-state index is 13.2. The second-order valence-corrected chi connectivity index (χ2v) is 8.05. The lowest BCUT2D eigenvalue weighted by Gasteiger charge is -2.34. The van der Waals surface area contributed by atoms with Gasteiger partial charge in [-0.2, -0.15) is 0 Å². The van der Waals surface area contributed by atoms with Gasteiger partial charge in [-0.3, -0.25) is 0 Å². The first kappa shape index (κ1) is 17.5. The lowest BCUT2D eigenvalue weighted by molar-refractivity contribution is 0.214. The van der Waals surface area contributed by atoms with Crippen molar-refractivity contribution in [3.63, 3.8) is 0 Å². The molecule has 0 saturated heterocycles. The van der Waals surface area contributed by atoms with Crippen molar-refractivity contribution in [3.8, 4) is 0 Å². The molecule has 3 heteroatoms. The fourth-order valence-electron chi connectivity index (χ4n) is 2.07. The SMILES string of the molecule is CC(C)(C)NCC(Cc1ccc(F)c(Cl)c1)C(C)(C)C. The van der Waals surface area contributed by atoms with Crippen molar-refractivity contribution in [2.24, 2.45) is 11.3 Å². The van der Waals surface area contributed by atoms with Crippen LogP contribution < -0.4 is 5.32 Å². The quantitative estimate of drug-likeness (QED) is 0.818. The molecule has 1 nitrogen and oxygen atoms in total.